The van der Waals surface area contributed by atoms with Crippen molar-refractivity contribution in [3.05, 3.63) is 71.7 Å². The fourth-order valence-corrected chi connectivity index (χ4v) is 5.44. The van der Waals surface area contributed by atoms with Gasteiger partial charge in [0, 0.05) is 11.6 Å². The third-order valence-corrected chi connectivity index (χ3v) is 8.81. The van der Waals surface area contributed by atoms with E-state index in [0.717, 1.165) is 12.0 Å². The summed E-state index contributed by atoms with van der Waals surface area (Å²) in [5, 5.41) is -0.373. The van der Waals surface area contributed by atoms with Gasteiger partial charge >= 0.3 is 0 Å². The highest BCUT2D eigenvalue weighted by Gasteiger charge is 2.45. The molecular formula is C30H35FN4O4S. The number of carbonyl (C=O) groups excluding carboxylic acids is 1. The topological polar surface area (TPSA) is 124 Å². The minimum atomic E-state index is -4.31. The Morgan fingerprint density at radius 1 is 1.10 bits per heavy atom. The van der Waals surface area contributed by atoms with Crippen LogP contribution in [-0.4, -0.2) is 30.9 Å². The molecule has 1 aliphatic carbocycles. The second kappa shape index (κ2) is 10.6. The van der Waals surface area contributed by atoms with Gasteiger partial charge in [-0.25, -0.2) is 19.1 Å². The van der Waals surface area contributed by atoms with E-state index in [9.17, 15) is 17.6 Å². The average molecular weight is 567 g/mol. The largest absolute Gasteiger partial charge is 0.493 e. The zero-order chi connectivity index (χ0) is 29.5. The maximum Gasteiger partial charge on any atom is 0.281 e. The lowest BCUT2D eigenvalue weighted by Gasteiger charge is -2.38. The lowest BCUT2D eigenvalue weighted by molar-refractivity contribution is 0.0980. The molecule has 2 aromatic heterocycles. The predicted molar refractivity (Wildman–Crippen MR) is 153 cm³/mol. The SMILES string of the molecule is CC(C)COc1cc(F)cc(-c2ccc(C(=O)NS(=O)(=O)c3cccc(N)n3)c(C3=CCC(C)(C)C3(C)C)n2)c1. The molecule has 0 aliphatic heterocycles. The monoisotopic (exact) mass is 566 g/mol. The molecule has 1 aliphatic rings. The summed E-state index contributed by atoms with van der Waals surface area (Å²) in [5.74, 6) is -0.707. The van der Waals surface area contributed by atoms with Crippen LogP contribution in [0.1, 0.15) is 64.0 Å². The van der Waals surface area contributed by atoms with Crippen molar-refractivity contribution in [2.24, 2.45) is 16.7 Å². The number of carbonyl (C=O) groups is 1. The van der Waals surface area contributed by atoms with Crippen LogP contribution in [0.3, 0.4) is 0 Å². The molecule has 1 aromatic carbocycles. The summed E-state index contributed by atoms with van der Waals surface area (Å²) in [6.07, 6.45) is 2.76. The van der Waals surface area contributed by atoms with Gasteiger partial charge in [-0.05, 0) is 65.1 Å². The Hall–Kier alpha value is -3.79. The van der Waals surface area contributed by atoms with Gasteiger partial charge in [0.2, 0.25) is 0 Å². The van der Waals surface area contributed by atoms with Crippen LogP contribution in [0.2, 0.25) is 0 Å². The van der Waals surface area contributed by atoms with E-state index in [2.05, 4.69) is 37.4 Å². The van der Waals surface area contributed by atoms with Gasteiger partial charge in [0.1, 0.15) is 17.4 Å². The third kappa shape index (κ3) is 5.86. The van der Waals surface area contributed by atoms with E-state index < -0.39 is 27.2 Å². The Kier molecular flexibility index (Phi) is 7.77. The Balaban J connectivity index is 1.80. The van der Waals surface area contributed by atoms with Crippen molar-refractivity contribution in [2.45, 2.75) is 53.0 Å². The van der Waals surface area contributed by atoms with Gasteiger partial charge in [-0.15, -0.1) is 0 Å². The van der Waals surface area contributed by atoms with Gasteiger partial charge in [-0.2, -0.15) is 8.42 Å². The van der Waals surface area contributed by atoms with Gasteiger partial charge < -0.3 is 10.5 Å². The van der Waals surface area contributed by atoms with E-state index in [1.165, 1.54) is 36.4 Å². The smallest absolute Gasteiger partial charge is 0.281 e. The summed E-state index contributed by atoms with van der Waals surface area (Å²) in [4.78, 5) is 22.1. The van der Waals surface area contributed by atoms with Crippen LogP contribution < -0.4 is 15.2 Å². The molecule has 0 radical (unpaired) electrons. The summed E-state index contributed by atoms with van der Waals surface area (Å²) in [5.41, 5.74) is 7.18. The number of nitrogens with one attached hydrogen (secondary N) is 1. The molecule has 40 heavy (non-hydrogen) atoms. The second-order valence-corrected chi connectivity index (χ2v) is 13.3. The normalized spacial score (nSPS) is 16.1. The number of aromatic nitrogens is 2. The maximum atomic E-state index is 14.6. The predicted octanol–water partition coefficient (Wildman–Crippen LogP) is 5.86. The standard InChI is InChI=1S/C30H35FN4O4S/c1-18(2)17-39-21-15-19(14-20(31)16-21)24-11-10-22(27(33-24)23-12-13-29(3,4)30(23,5)6)28(36)35-40(37,38)26-9-7-8-25(32)34-26/h7-12,14-16,18H,13,17H2,1-6H3,(H2,32,34)(H,35,36). The molecule has 3 aromatic rings. The van der Waals surface area contributed by atoms with Gasteiger partial charge in [-0.1, -0.05) is 53.7 Å². The highest BCUT2D eigenvalue weighted by Crippen LogP contribution is 2.56. The van der Waals surface area contributed by atoms with E-state index >= 15 is 0 Å². The average Bonchev–Trinajstić information content (AvgIpc) is 3.08. The lowest BCUT2D eigenvalue weighted by Crippen LogP contribution is -2.33. The third-order valence-electron chi connectivity index (χ3n) is 7.57. The van der Waals surface area contributed by atoms with Crippen molar-refractivity contribution in [3.8, 4) is 17.0 Å². The molecule has 0 fully saturated rings. The summed E-state index contributed by atoms with van der Waals surface area (Å²) >= 11 is 0. The quantitative estimate of drug-likeness (QED) is 0.350. The van der Waals surface area contributed by atoms with E-state index in [1.54, 1.807) is 12.1 Å². The first-order valence-corrected chi connectivity index (χ1v) is 14.5. The Morgan fingerprint density at radius 3 is 2.45 bits per heavy atom. The number of nitrogens with two attached hydrogens (primary N) is 1. The van der Waals surface area contributed by atoms with Crippen LogP contribution in [0.4, 0.5) is 10.2 Å². The molecule has 1 amide bonds. The Labute approximate surface area is 234 Å². The van der Waals surface area contributed by atoms with Crippen molar-refractivity contribution in [1.82, 2.24) is 14.7 Å². The lowest BCUT2D eigenvalue weighted by atomic mass is 9.66. The van der Waals surface area contributed by atoms with Gasteiger partial charge in [-0.3, -0.25) is 4.79 Å². The number of rotatable bonds is 8. The number of hydrogen-bond acceptors (Lipinski definition) is 7. The highest BCUT2D eigenvalue weighted by atomic mass is 32.2. The van der Waals surface area contributed by atoms with E-state index in [1.807, 2.05) is 19.9 Å². The molecule has 0 atom stereocenters. The van der Waals surface area contributed by atoms with Crippen molar-refractivity contribution in [1.29, 1.82) is 0 Å². The summed E-state index contributed by atoms with van der Waals surface area (Å²) in [6.45, 7) is 12.8. The van der Waals surface area contributed by atoms with Crippen LogP contribution >= 0.6 is 0 Å². The number of halogens is 1. The summed E-state index contributed by atoms with van der Waals surface area (Å²) in [7, 11) is -4.31. The molecule has 3 N–H and O–H groups in total. The molecule has 4 rings (SSSR count). The van der Waals surface area contributed by atoms with Gasteiger partial charge in [0.05, 0.1) is 23.6 Å². The minimum Gasteiger partial charge on any atom is -0.493 e. The van der Waals surface area contributed by atoms with Crippen LogP contribution in [0.5, 0.6) is 5.75 Å². The molecule has 10 heteroatoms. The fraction of sp³-hybridized carbons (Fsp3) is 0.367. The molecule has 0 saturated carbocycles. The molecule has 0 unspecified atom stereocenters. The van der Waals surface area contributed by atoms with Crippen LogP contribution in [-0.2, 0) is 10.0 Å². The Morgan fingerprint density at radius 2 is 1.82 bits per heavy atom. The van der Waals surface area contributed by atoms with E-state index in [4.69, 9.17) is 15.5 Å². The van der Waals surface area contributed by atoms with Crippen LogP contribution in [0.25, 0.3) is 16.8 Å². The maximum absolute atomic E-state index is 14.6. The molecule has 212 valence electrons. The number of allylic oxidation sites excluding steroid dienone is 2. The zero-order valence-corrected chi connectivity index (χ0v) is 24.4. The van der Waals surface area contributed by atoms with Crippen LogP contribution in [0.15, 0.2) is 59.6 Å². The number of ether oxygens (including phenoxy) is 1. The summed E-state index contributed by atoms with van der Waals surface area (Å²) in [6, 6.07) is 11.6. The molecule has 0 bridgehead atoms. The van der Waals surface area contributed by atoms with Crippen molar-refractivity contribution in [2.75, 3.05) is 12.3 Å². The highest BCUT2D eigenvalue weighted by molar-refractivity contribution is 7.90. The first-order chi connectivity index (χ1) is 18.6. The van der Waals surface area contributed by atoms with E-state index in [0.29, 0.717) is 29.3 Å². The van der Waals surface area contributed by atoms with Crippen molar-refractivity contribution in [3.63, 3.8) is 0 Å². The summed E-state index contributed by atoms with van der Waals surface area (Å²) < 4.78 is 48.4. The fourth-order valence-electron chi connectivity index (χ4n) is 4.50. The number of hydrogen-bond donors (Lipinski definition) is 2. The van der Waals surface area contributed by atoms with Gasteiger partial charge in [0.25, 0.3) is 15.9 Å². The minimum absolute atomic E-state index is 0.00830. The molecule has 8 nitrogen and oxygen atoms in total. The Bertz CT molecular complexity index is 1600. The molecule has 0 saturated heterocycles. The molecular weight excluding hydrogens is 531 g/mol. The number of pyridine rings is 2. The number of nitrogen functional groups attached to an aromatic ring is 1. The molecule has 0 spiro atoms. The number of anilines is 1. The van der Waals surface area contributed by atoms with Gasteiger partial charge in [0.15, 0.2) is 5.03 Å². The van der Waals surface area contributed by atoms with Crippen molar-refractivity contribution >= 4 is 27.3 Å². The first kappa shape index (κ1) is 29.2. The number of benzene rings is 1. The second-order valence-electron chi connectivity index (χ2n) is 11.6. The van der Waals surface area contributed by atoms with E-state index in [-0.39, 0.29) is 27.7 Å². The van der Waals surface area contributed by atoms with Crippen LogP contribution in [0, 0.1) is 22.6 Å². The first-order valence-electron chi connectivity index (χ1n) is 13.1. The molecule has 2 heterocycles. The number of nitrogens with zero attached hydrogens (tertiary/aromatic N) is 2. The number of amides is 1. The number of sulfonamides is 1. The van der Waals surface area contributed by atoms with Crippen molar-refractivity contribution < 1.29 is 22.3 Å². The zero-order valence-electron chi connectivity index (χ0n) is 23.6.